The maximum atomic E-state index is 4.20. The van der Waals surface area contributed by atoms with Crippen LogP contribution in [0.15, 0.2) is 30.3 Å². The van der Waals surface area contributed by atoms with Crippen molar-refractivity contribution in [2.75, 3.05) is 5.32 Å². The SMILES string of the molecule is CC(C)[C@@H](C)Nc1nnc(-c2ccccc2)s1. The first-order chi connectivity index (χ1) is 8.16. The largest absolute Gasteiger partial charge is 0.357 e. The molecule has 0 spiro atoms. The molecule has 1 aromatic carbocycles. The van der Waals surface area contributed by atoms with E-state index in [2.05, 4.69) is 48.4 Å². The molecule has 2 rings (SSSR count). The Kier molecular flexibility index (Phi) is 3.74. The summed E-state index contributed by atoms with van der Waals surface area (Å²) < 4.78 is 0. The second-order valence-electron chi connectivity index (χ2n) is 4.46. The molecule has 0 aliphatic rings. The molecule has 4 heteroatoms. The molecule has 17 heavy (non-hydrogen) atoms. The summed E-state index contributed by atoms with van der Waals surface area (Å²) in [5.41, 5.74) is 1.12. The third-order valence-electron chi connectivity index (χ3n) is 2.80. The normalized spacial score (nSPS) is 12.7. The van der Waals surface area contributed by atoms with Gasteiger partial charge < -0.3 is 5.32 Å². The first-order valence-electron chi connectivity index (χ1n) is 5.82. The molecular formula is C13H17N3S. The van der Waals surface area contributed by atoms with Gasteiger partial charge in [-0.15, -0.1) is 10.2 Å². The van der Waals surface area contributed by atoms with Crippen molar-refractivity contribution in [2.24, 2.45) is 5.92 Å². The molecule has 90 valence electrons. The van der Waals surface area contributed by atoms with Crippen molar-refractivity contribution in [2.45, 2.75) is 26.8 Å². The van der Waals surface area contributed by atoms with Crippen molar-refractivity contribution in [3.8, 4) is 10.6 Å². The van der Waals surface area contributed by atoms with Crippen molar-refractivity contribution in [3.05, 3.63) is 30.3 Å². The van der Waals surface area contributed by atoms with E-state index in [1.165, 1.54) is 0 Å². The van der Waals surface area contributed by atoms with Gasteiger partial charge in [-0.1, -0.05) is 55.5 Å². The molecule has 0 radical (unpaired) electrons. The van der Waals surface area contributed by atoms with E-state index in [4.69, 9.17) is 0 Å². The fourth-order valence-electron chi connectivity index (χ4n) is 1.34. The average molecular weight is 247 g/mol. The van der Waals surface area contributed by atoms with Gasteiger partial charge in [-0.2, -0.15) is 0 Å². The summed E-state index contributed by atoms with van der Waals surface area (Å²) in [5, 5.41) is 13.6. The standard InChI is InChI=1S/C13H17N3S/c1-9(2)10(3)14-13-16-15-12(17-13)11-7-5-4-6-8-11/h4-10H,1-3H3,(H,14,16)/t10-/m1/s1. The summed E-state index contributed by atoms with van der Waals surface area (Å²) in [4.78, 5) is 0. The van der Waals surface area contributed by atoms with Crippen LogP contribution in [0.25, 0.3) is 10.6 Å². The Morgan fingerprint density at radius 1 is 1.06 bits per heavy atom. The van der Waals surface area contributed by atoms with Gasteiger partial charge in [0.15, 0.2) is 0 Å². The minimum Gasteiger partial charge on any atom is -0.357 e. The Bertz CT molecular complexity index is 465. The van der Waals surface area contributed by atoms with Gasteiger partial charge in [0.1, 0.15) is 5.01 Å². The fourth-order valence-corrected chi connectivity index (χ4v) is 2.19. The summed E-state index contributed by atoms with van der Waals surface area (Å²) >= 11 is 1.60. The Morgan fingerprint density at radius 2 is 1.76 bits per heavy atom. The topological polar surface area (TPSA) is 37.8 Å². The highest BCUT2D eigenvalue weighted by Crippen LogP contribution is 2.26. The van der Waals surface area contributed by atoms with Gasteiger partial charge in [0.25, 0.3) is 0 Å². The van der Waals surface area contributed by atoms with E-state index in [-0.39, 0.29) is 0 Å². The number of hydrogen-bond acceptors (Lipinski definition) is 4. The van der Waals surface area contributed by atoms with E-state index in [9.17, 15) is 0 Å². The van der Waals surface area contributed by atoms with Crippen molar-refractivity contribution in [1.29, 1.82) is 0 Å². The van der Waals surface area contributed by atoms with Crippen molar-refractivity contribution in [3.63, 3.8) is 0 Å². The van der Waals surface area contributed by atoms with Gasteiger partial charge in [-0.3, -0.25) is 0 Å². The van der Waals surface area contributed by atoms with Gasteiger partial charge in [0, 0.05) is 11.6 Å². The quantitative estimate of drug-likeness (QED) is 0.896. The van der Waals surface area contributed by atoms with Crippen LogP contribution in [-0.2, 0) is 0 Å². The number of nitrogens with one attached hydrogen (secondary N) is 1. The van der Waals surface area contributed by atoms with E-state index in [1.54, 1.807) is 11.3 Å². The van der Waals surface area contributed by atoms with Crippen LogP contribution in [0.1, 0.15) is 20.8 Å². The molecule has 1 heterocycles. The maximum absolute atomic E-state index is 4.20. The average Bonchev–Trinajstić information content (AvgIpc) is 2.78. The van der Waals surface area contributed by atoms with Crippen LogP contribution in [0.5, 0.6) is 0 Å². The molecular weight excluding hydrogens is 230 g/mol. The van der Waals surface area contributed by atoms with Crippen LogP contribution in [-0.4, -0.2) is 16.2 Å². The summed E-state index contributed by atoms with van der Waals surface area (Å²) in [6, 6.07) is 10.5. The molecule has 1 aromatic heterocycles. The van der Waals surface area contributed by atoms with E-state index in [0.717, 1.165) is 15.7 Å². The van der Waals surface area contributed by atoms with Gasteiger partial charge in [0.2, 0.25) is 5.13 Å². The van der Waals surface area contributed by atoms with Crippen molar-refractivity contribution < 1.29 is 0 Å². The van der Waals surface area contributed by atoms with Crippen LogP contribution >= 0.6 is 11.3 Å². The van der Waals surface area contributed by atoms with E-state index < -0.39 is 0 Å². The maximum Gasteiger partial charge on any atom is 0.206 e. The molecule has 0 unspecified atom stereocenters. The lowest BCUT2D eigenvalue weighted by Crippen LogP contribution is -2.21. The first-order valence-corrected chi connectivity index (χ1v) is 6.64. The van der Waals surface area contributed by atoms with Gasteiger partial charge in [0.05, 0.1) is 0 Å². The van der Waals surface area contributed by atoms with Gasteiger partial charge >= 0.3 is 0 Å². The molecule has 3 nitrogen and oxygen atoms in total. The molecule has 1 atom stereocenters. The number of anilines is 1. The van der Waals surface area contributed by atoms with E-state index in [0.29, 0.717) is 12.0 Å². The zero-order valence-electron chi connectivity index (χ0n) is 10.3. The lowest BCUT2D eigenvalue weighted by atomic mass is 10.1. The zero-order chi connectivity index (χ0) is 12.3. The number of hydrogen-bond donors (Lipinski definition) is 1. The molecule has 0 aliphatic heterocycles. The third kappa shape index (κ3) is 3.03. The summed E-state index contributed by atoms with van der Waals surface area (Å²) in [5.74, 6) is 0.582. The minimum atomic E-state index is 0.409. The molecule has 0 amide bonds. The van der Waals surface area contributed by atoms with Crippen LogP contribution in [0, 0.1) is 5.92 Å². The Hall–Kier alpha value is -1.42. The highest BCUT2D eigenvalue weighted by atomic mass is 32.1. The van der Waals surface area contributed by atoms with Gasteiger partial charge in [-0.25, -0.2) is 0 Å². The second kappa shape index (κ2) is 5.27. The molecule has 0 aliphatic carbocycles. The second-order valence-corrected chi connectivity index (χ2v) is 5.43. The lowest BCUT2D eigenvalue weighted by Gasteiger charge is -2.15. The predicted octanol–water partition coefficient (Wildman–Crippen LogP) is 3.66. The molecule has 0 saturated heterocycles. The zero-order valence-corrected chi connectivity index (χ0v) is 11.2. The summed E-state index contributed by atoms with van der Waals surface area (Å²) in [6.45, 7) is 6.54. The monoisotopic (exact) mass is 247 g/mol. The fraction of sp³-hybridized carbons (Fsp3) is 0.385. The highest BCUT2D eigenvalue weighted by molar-refractivity contribution is 7.18. The van der Waals surface area contributed by atoms with E-state index in [1.807, 2.05) is 18.2 Å². The summed E-state index contributed by atoms with van der Waals surface area (Å²) in [6.07, 6.45) is 0. The van der Waals surface area contributed by atoms with E-state index >= 15 is 0 Å². The number of nitrogens with zero attached hydrogens (tertiary/aromatic N) is 2. The Balaban J connectivity index is 2.12. The Labute approximate surface area is 106 Å². The van der Waals surface area contributed by atoms with Crippen molar-refractivity contribution in [1.82, 2.24) is 10.2 Å². The third-order valence-corrected chi connectivity index (χ3v) is 3.70. The van der Waals surface area contributed by atoms with Crippen LogP contribution in [0.2, 0.25) is 0 Å². The molecule has 0 fully saturated rings. The van der Waals surface area contributed by atoms with Crippen LogP contribution in [0.4, 0.5) is 5.13 Å². The molecule has 2 aromatic rings. The Morgan fingerprint density at radius 3 is 2.41 bits per heavy atom. The first kappa shape index (κ1) is 12.0. The highest BCUT2D eigenvalue weighted by Gasteiger charge is 2.11. The number of rotatable bonds is 4. The van der Waals surface area contributed by atoms with Crippen molar-refractivity contribution >= 4 is 16.5 Å². The minimum absolute atomic E-state index is 0.409. The molecule has 1 N–H and O–H groups in total. The number of aromatic nitrogens is 2. The molecule has 0 saturated carbocycles. The van der Waals surface area contributed by atoms with Crippen LogP contribution < -0.4 is 5.32 Å². The van der Waals surface area contributed by atoms with Gasteiger partial charge in [-0.05, 0) is 12.8 Å². The van der Waals surface area contributed by atoms with Crippen LogP contribution in [0.3, 0.4) is 0 Å². The predicted molar refractivity (Wildman–Crippen MR) is 73.3 cm³/mol. The smallest absolute Gasteiger partial charge is 0.206 e. The lowest BCUT2D eigenvalue weighted by molar-refractivity contribution is 0.559. The molecule has 0 bridgehead atoms. The summed E-state index contributed by atoms with van der Waals surface area (Å²) in [7, 11) is 0. The number of benzene rings is 1.